The number of hydrogen-bond acceptors (Lipinski definition) is 5. The van der Waals surface area contributed by atoms with Crippen molar-refractivity contribution in [1.29, 1.82) is 0 Å². The maximum Gasteiger partial charge on any atom is 0.150 e. The number of Topliss-reactive ketones (excluding diaryl/α,β-unsaturated/α-hetero) is 2. The highest BCUT2D eigenvalue weighted by atomic mass is 33.1. The minimum atomic E-state index is -0.406. The van der Waals surface area contributed by atoms with Crippen LogP contribution < -0.4 is 5.73 Å². The number of ketones is 2. The van der Waals surface area contributed by atoms with Crippen LogP contribution >= 0.6 is 21.6 Å². The Labute approximate surface area is 144 Å². The molecule has 1 unspecified atom stereocenters. The van der Waals surface area contributed by atoms with Crippen molar-refractivity contribution in [2.24, 2.45) is 16.6 Å². The van der Waals surface area contributed by atoms with E-state index in [0.717, 1.165) is 12.2 Å². The average molecular weight is 348 g/mol. The number of carbonyl (C=O) groups excluding carboxylic acids is 2. The van der Waals surface area contributed by atoms with Crippen molar-refractivity contribution < 1.29 is 9.59 Å². The molecule has 5 heteroatoms. The van der Waals surface area contributed by atoms with E-state index in [-0.39, 0.29) is 17.0 Å². The van der Waals surface area contributed by atoms with E-state index in [2.05, 4.69) is 20.8 Å². The normalized spacial score (nSPS) is 14.0. The van der Waals surface area contributed by atoms with Crippen LogP contribution in [0.25, 0.3) is 0 Å². The summed E-state index contributed by atoms with van der Waals surface area (Å²) < 4.78 is 0. The van der Waals surface area contributed by atoms with Gasteiger partial charge >= 0.3 is 0 Å². The predicted molar refractivity (Wildman–Crippen MR) is 100 cm³/mol. The zero-order valence-electron chi connectivity index (χ0n) is 15.0. The van der Waals surface area contributed by atoms with Gasteiger partial charge in [0, 0.05) is 29.8 Å². The van der Waals surface area contributed by atoms with E-state index in [4.69, 9.17) is 5.73 Å². The molecule has 0 aliphatic heterocycles. The van der Waals surface area contributed by atoms with Crippen LogP contribution in [0.3, 0.4) is 0 Å². The third-order valence-corrected chi connectivity index (χ3v) is 5.78. The topological polar surface area (TPSA) is 60.2 Å². The molecule has 1 atom stereocenters. The van der Waals surface area contributed by atoms with Crippen molar-refractivity contribution >= 4 is 33.2 Å². The van der Waals surface area contributed by atoms with Crippen LogP contribution in [0.2, 0.25) is 0 Å². The number of rotatable bonds is 10. The van der Waals surface area contributed by atoms with Gasteiger partial charge in [0.1, 0.15) is 11.6 Å². The highest BCUT2D eigenvalue weighted by molar-refractivity contribution is 8.76. The first kappa shape index (κ1) is 22.0. The van der Waals surface area contributed by atoms with Crippen LogP contribution in [0.4, 0.5) is 0 Å². The highest BCUT2D eigenvalue weighted by Gasteiger charge is 2.21. The van der Waals surface area contributed by atoms with Gasteiger partial charge in [-0.25, -0.2) is 0 Å². The predicted octanol–water partition coefficient (Wildman–Crippen LogP) is 4.49. The van der Waals surface area contributed by atoms with Crippen LogP contribution in [0, 0.1) is 10.8 Å². The first-order chi connectivity index (χ1) is 9.93. The first-order valence-corrected chi connectivity index (χ1v) is 10.5. The van der Waals surface area contributed by atoms with E-state index in [1.807, 2.05) is 20.8 Å². The third-order valence-electron chi connectivity index (χ3n) is 3.34. The lowest BCUT2D eigenvalue weighted by Gasteiger charge is -2.17. The van der Waals surface area contributed by atoms with Crippen LogP contribution in [-0.2, 0) is 9.59 Å². The quantitative estimate of drug-likeness (QED) is 0.466. The van der Waals surface area contributed by atoms with Crippen molar-refractivity contribution in [3.05, 3.63) is 0 Å². The summed E-state index contributed by atoms with van der Waals surface area (Å²) in [6.45, 7) is 12.4. The van der Waals surface area contributed by atoms with Crippen LogP contribution in [0.1, 0.15) is 67.2 Å². The fourth-order valence-corrected chi connectivity index (χ4v) is 4.18. The Hall–Kier alpha value is -0.000000000000000111. The molecule has 130 valence electrons. The lowest BCUT2D eigenvalue weighted by atomic mass is 9.87. The van der Waals surface area contributed by atoms with Crippen molar-refractivity contribution in [3.63, 3.8) is 0 Å². The number of carbonyl (C=O) groups is 2. The summed E-state index contributed by atoms with van der Waals surface area (Å²) in [5.41, 5.74) is 5.96. The molecule has 0 saturated carbocycles. The summed E-state index contributed by atoms with van der Waals surface area (Å²) in [5.74, 6) is 2.02. The molecule has 0 aromatic rings. The Morgan fingerprint density at radius 3 is 2.09 bits per heavy atom. The van der Waals surface area contributed by atoms with Crippen molar-refractivity contribution in [2.45, 2.75) is 73.3 Å². The van der Waals surface area contributed by atoms with Crippen molar-refractivity contribution in [2.75, 3.05) is 11.5 Å². The van der Waals surface area contributed by atoms with Gasteiger partial charge in [-0.3, -0.25) is 9.59 Å². The first-order valence-electron chi connectivity index (χ1n) is 7.99. The molecule has 2 N–H and O–H groups in total. The molecule has 0 aliphatic rings. The van der Waals surface area contributed by atoms with Crippen molar-refractivity contribution in [3.8, 4) is 0 Å². The van der Waals surface area contributed by atoms with Crippen LogP contribution in [-0.4, -0.2) is 29.1 Å². The minimum absolute atomic E-state index is 0.0747. The largest absolute Gasteiger partial charge is 0.321 e. The summed E-state index contributed by atoms with van der Waals surface area (Å²) in [4.78, 5) is 23.7. The maximum atomic E-state index is 11.9. The Bertz CT molecular complexity index is 357. The second kappa shape index (κ2) is 9.99. The summed E-state index contributed by atoms with van der Waals surface area (Å²) in [7, 11) is 3.47. The summed E-state index contributed by atoms with van der Waals surface area (Å²) in [6, 6.07) is -0.406. The molecule has 0 saturated heterocycles. The fraction of sp³-hybridized carbons (Fsp3) is 0.882. The van der Waals surface area contributed by atoms with Gasteiger partial charge in [-0.15, -0.1) is 0 Å². The Morgan fingerprint density at radius 2 is 1.59 bits per heavy atom. The Kier molecular flexibility index (Phi) is 9.99. The number of nitrogens with two attached hydrogens (primary N) is 1. The average Bonchev–Trinajstić information content (AvgIpc) is 2.35. The van der Waals surface area contributed by atoms with Gasteiger partial charge < -0.3 is 5.73 Å². The monoisotopic (exact) mass is 347 g/mol. The van der Waals surface area contributed by atoms with Crippen LogP contribution in [0.15, 0.2) is 0 Å². The van der Waals surface area contributed by atoms with Crippen molar-refractivity contribution in [1.82, 2.24) is 0 Å². The minimum Gasteiger partial charge on any atom is -0.321 e. The maximum absolute atomic E-state index is 11.9. The van der Waals surface area contributed by atoms with Gasteiger partial charge in [-0.1, -0.05) is 63.1 Å². The Balaban J connectivity index is 3.78. The zero-order valence-corrected chi connectivity index (χ0v) is 16.7. The van der Waals surface area contributed by atoms with Crippen LogP contribution in [0.5, 0.6) is 0 Å². The molecular weight excluding hydrogens is 314 g/mol. The van der Waals surface area contributed by atoms with E-state index in [1.165, 1.54) is 0 Å². The molecule has 0 fully saturated rings. The van der Waals surface area contributed by atoms with E-state index in [9.17, 15) is 9.59 Å². The van der Waals surface area contributed by atoms with E-state index < -0.39 is 6.04 Å². The molecule has 0 amide bonds. The summed E-state index contributed by atoms with van der Waals surface area (Å²) >= 11 is 0. The molecule has 0 aromatic heterocycles. The SMILES string of the molecule is CC(C)(C)CCSSCC(N)C(=O)CCCC(=O)C(C)(C)C. The van der Waals surface area contributed by atoms with E-state index in [0.29, 0.717) is 30.4 Å². The second-order valence-corrected chi connectivity index (χ2v) is 10.6. The third kappa shape index (κ3) is 11.6. The van der Waals surface area contributed by atoms with Gasteiger partial charge in [0.15, 0.2) is 0 Å². The van der Waals surface area contributed by atoms with Gasteiger partial charge in [0.25, 0.3) is 0 Å². The summed E-state index contributed by atoms with van der Waals surface area (Å²) in [6.07, 6.45) is 2.65. The lowest BCUT2D eigenvalue weighted by molar-refractivity contribution is -0.126. The molecule has 0 aliphatic carbocycles. The molecule has 0 aromatic carbocycles. The fourth-order valence-electron chi connectivity index (χ4n) is 1.60. The highest BCUT2D eigenvalue weighted by Crippen LogP contribution is 2.28. The molecule has 0 spiro atoms. The van der Waals surface area contributed by atoms with Gasteiger partial charge in [0.2, 0.25) is 0 Å². The zero-order chi connectivity index (χ0) is 17.4. The molecule has 22 heavy (non-hydrogen) atoms. The molecule has 0 rings (SSSR count). The van der Waals surface area contributed by atoms with E-state index >= 15 is 0 Å². The molecule has 0 heterocycles. The summed E-state index contributed by atoms with van der Waals surface area (Å²) in [5, 5.41) is 0. The van der Waals surface area contributed by atoms with E-state index in [1.54, 1.807) is 21.6 Å². The van der Waals surface area contributed by atoms with Gasteiger partial charge in [-0.05, 0) is 18.3 Å². The lowest BCUT2D eigenvalue weighted by Crippen LogP contribution is -2.32. The molecule has 0 bridgehead atoms. The molecule has 3 nitrogen and oxygen atoms in total. The number of hydrogen-bond donors (Lipinski definition) is 1. The standard InChI is InChI=1S/C17H33NO2S2/c1-16(2,3)10-11-21-22-12-13(18)14(19)8-7-9-15(20)17(4,5)6/h13H,7-12,18H2,1-6H3. The molecular formula is C17H33NO2S2. The van der Waals surface area contributed by atoms with Gasteiger partial charge in [0.05, 0.1) is 6.04 Å². The molecule has 0 radical (unpaired) electrons. The van der Waals surface area contributed by atoms with Gasteiger partial charge in [-0.2, -0.15) is 0 Å². The Morgan fingerprint density at radius 1 is 1.00 bits per heavy atom. The second-order valence-electron chi connectivity index (χ2n) is 8.02. The smallest absolute Gasteiger partial charge is 0.150 e.